The van der Waals surface area contributed by atoms with Gasteiger partial charge in [-0.15, -0.1) is 0 Å². The Morgan fingerprint density at radius 2 is 1.71 bits per heavy atom. The fraction of sp³-hybridized carbons (Fsp3) is 0.120. The summed E-state index contributed by atoms with van der Waals surface area (Å²) >= 11 is 9.26. The highest BCUT2D eigenvalue weighted by Gasteiger charge is 2.34. The van der Waals surface area contributed by atoms with Gasteiger partial charge < -0.3 is 10.6 Å². The van der Waals surface area contributed by atoms with Gasteiger partial charge in [0, 0.05) is 21.5 Å². The monoisotopic (exact) mass is 491 g/mol. The van der Waals surface area contributed by atoms with Gasteiger partial charge >= 0.3 is 0 Å². The van der Waals surface area contributed by atoms with Gasteiger partial charge in [0.2, 0.25) is 0 Å². The molecule has 0 saturated carbocycles. The highest BCUT2D eigenvalue weighted by molar-refractivity contribution is 9.10. The summed E-state index contributed by atoms with van der Waals surface area (Å²) in [6, 6.07) is 25.2. The van der Waals surface area contributed by atoms with E-state index in [2.05, 4.69) is 26.6 Å². The number of carbonyl (C=O) groups excluding carboxylic acids is 1. The highest BCUT2D eigenvalue weighted by atomic mass is 79.9. The van der Waals surface area contributed by atoms with Crippen LogP contribution in [0.3, 0.4) is 0 Å². The van der Waals surface area contributed by atoms with E-state index < -0.39 is 0 Å². The number of halogens is 1. The van der Waals surface area contributed by atoms with Gasteiger partial charge in [-0.05, 0) is 67.5 Å². The molecule has 4 rings (SSSR count). The quantitative estimate of drug-likeness (QED) is 0.432. The standard InChI is InChI=1S/C25H22BrN3OS/c1-16-9-6-7-14-21(16)27-24(30)22-17(2)29(20-12-4-3-5-13-20)25(31)28-23(22)18-10-8-11-19(26)15-18/h3-15,23H,1-2H3,(H,27,30)(H,28,31). The number of thiocarbonyl (C=S) groups is 1. The van der Waals surface area contributed by atoms with Crippen molar-refractivity contribution >= 4 is 50.5 Å². The van der Waals surface area contributed by atoms with Gasteiger partial charge in [0.15, 0.2) is 5.11 Å². The van der Waals surface area contributed by atoms with E-state index in [1.165, 1.54) is 0 Å². The van der Waals surface area contributed by atoms with Crippen molar-refractivity contribution in [3.05, 3.63) is 106 Å². The third kappa shape index (κ3) is 4.40. The molecule has 3 aromatic carbocycles. The Labute approximate surface area is 196 Å². The summed E-state index contributed by atoms with van der Waals surface area (Å²) in [7, 11) is 0. The second-order valence-corrected chi connectivity index (χ2v) is 8.68. The van der Waals surface area contributed by atoms with Gasteiger partial charge in [-0.3, -0.25) is 9.69 Å². The van der Waals surface area contributed by atoms with Crippen LogP contribution in [0.15, 0.2) is 94.6 Å². The van der Waals surface area contributed by atoms with Crippen molar-refractivity contribution in [2.45, 2.75) is 19.9 Å². The molecule has 4 nitrogen and oxygen atoms in total. The zero-order valence-corrected chi connectivity index (χ0v) is 19.6. The lowest BCUT2D eigenvalue weighted by molar-refractivity contribution is -0.113. The normalized spacial score (nSPS) is 16.2. The fourth-order valence-corrected chi connectivity index (χ4v) is 4.54. The van der Waals surface area contributed by atoms with Crippen molar-refractivity contribution in [2.75, 3.05) is 10.2 Å². The van der Waals surface area contributed by atoms with Crippen molar-refractivity contribution in [2.24, 2.45) is 0 Å². The van der Waals surface area contributed by atoms with Gasteiger partial charge in [0.25, 0.3) is 5.91 Å². The molecule has 0 bridgehead atoms. The summed E-state index contributed by atoms with van der Waals surface area (Å²) in [5.41, 5.74) is 5.09. The summed E-state index contributed by atoms with van der Waals surface area (Å²) in [5.74, 6) is -0.160. The smallest absolute Gasteiger partial charge is 0.255 e. The van der Waals surface area contributed by atoms with Gasteiger partial charge in [0.05, 0.1) is 11.6 Å². The number of hydrogen-bond acceptors (Lipinski definition) is 2. The summed E-state index contributed by atoms with van der Waals surface area (Å²) in [6.45, 7) is 3.92. The van der Waals surface area contributed by atoms with E-state index in [1.54, 1.807) is 0 Å². The van der Waals surface area contributed by atoms with Crippen LogP contribution in [-0.2, 0) is 4.79 Å². The highest BCUT2D eigenvalue weighted by Crippen LogP contribution is 2.35. The van der Waals surface area contributed by atoms with Crippen LogP contribution < -0.4 is 15.5 Å². The second-order valence-electron chi connectivity index (χ2n) is 7.38. The molecule has 2 N–H and O–H groups in total. The topological polar surface area (TPSA) is 44.4 Å². The van der Waals surface area contributed by atoms with Crippen LogP contribution in [0.5, 0.6) is 0 Å². The van der Waals surface area contributed by atoms with Crippen LogP contribution in [0.1, 0.15) is 24.1 Å². The molecule has 0 radical (unpaired) electrons. The molecule has 0 saturated heterocycles. The first-order valence-corrected chi connectivity index (χ1v) is 11.1. The molecule has 1 unspecified atom stereocenters. The van der Waals surface area contributed by atoms with Crippen LogP contribution in [0.25, 0.3) is 0 Å². The SMILES string of the molecule is CC1=C(C(=O)Nc2ccccc2C)C(c2cccc(Br)c2)NC(=S)N1c1ccccc1. The van der Waals surface area contributed by atoms with E-state index >= 15 is 0 Å². The Morgan fingerprint density at radius 1 is 1.00 bits per heavy atom. The molecule has 0 fully saturated rings. The van der Waals surface area contributed by atoms with Crippen LogP contribution >= 0.6 is 28.1 Å². The summed E-state index contributed by atoms with van der Waals surface area (Å²) in [6.07, 6.45) is 0. The number of anilines is 2. The Morgan fingerprint density at radius 3 is 2.42 bits per heavy atom. The third-order valence-electron chi connectivity index (χ3n) is 5.32. The second kappa shape index (κ2) is 9.04. The summed E-state index contributed by atoms with van der Waals surface area (Å²) in [5, 5.41) is 7.04. The van der Waals surface area contributed by atoms with Crippen molar-refractivity contribution in [1.82, 2.24) is 5.32 Å². The van der Waals surface area contributed by atoms with Gasteiger partial charge in [0.1, 0.15) is 0 Å². The summed E-state index contributed by atoms with van der Waals surface area (Å²) in [4.78, 5) is 15.5. The summed E-state index contributed by atoms with van der Waals surface area (Å²) < 4.78 is 0.944. The number of benzene rings is 3. The number of carbonyl (C=O) groups is 1. The minimum absolute atomic E-state index is 0.160. The molecule has 0 aliphatic carbocycles. The average molecular weight is 492 g/mol. The predicted molar refractivity (Wildman–Crippen MR) is 134 cm³/mol. The van der Waals surface area contributed by atoms with Gasteiger partial charge in [-0.25, -0.2) is 0 Å². The number of para-hydroxylation sites is 2. The predicted octanol–water partition coefficient (Wildman–Crippen LogP) is 6.11. The zero-order chi connectivity index (χ0) is 22.0. The van der Waals surface area contributed by atoms with E-state index in [1.807, 2.05) is 97.6 Å². The molecular weight excluding hydrogens is 470 g/mol. The molecule has 1 atom stereocenters. The molecule has 0 spiro atoms. The number of hydrogen-bond donors (Lipinski definition) is 2. The van der Waals surface area contributed by atoms with Crippen LogP contribution in [-0.4, -0.2) is 11.0 Å². The van der Waals surface area contributed by atoms with E-state index in [9.17, 15) is 4.79 Å². The van der Waals surface area contributed by atoms with E-state index in [4.69, 9.17) is 12.2 Å². The molecular formula is C25H22BrN3OS. The Kier molecular flexibility index (Phi) is 6.20. The maximum absolute atomic E-state index is 13.6. The third-order valence-corrected chi connectivity index (χ3v) is 6.11. The molecule has 0 aromatic heterocycles. The molecule has 1 heterocycles. The minimum atomic E-state index is -0.367. The molecule has 6 heteroatoms. The van der Waals surface area contributed by atoms with Crippen LogP contribution in [0.2, 0.25) is 0 Å². The number of nitrogens with one attached hydrogen (secondary N) is 2. The van der Waals surface area contributed by atoms with Gasteiger partial charge in [-0.2, -0.15) is 0 Å². The van der Waals surface area contributed by atoms with Crippen molar-refractivity contribution in [1.29, 1.82) is 0 Å². The molecule has 3 aromatic rings. The first-order chi connectivity index (χ1) is 15.0. The lowest BCUT2D eigenvalue weighted by Crippen LogP contribution is -2.48. The van der Waals surface area contributed by atoms with E-state index in [0.29, 0.717) is 10.7 Å². The van der Waals surface area contributed by atoms with Crippen molar-refractivity contribution in [3.63, 3.8) is 0 Å². The number of aryl methyl sites for hydroxylation is 1. The average Bonchev–Trinajstić information content (AvgIpc) is 2.75. The van der Waals surface area contributed by atoms with Gasteiger partial charge in [-0.1, -0.05) is 64.5 Å². The van der Waals surface area contributed by atoms with Crippen LogP contribution in [0, 0.1) is 6.92 Å². The van der Waals surface area contributed by atoms with Crippen molar-refractivity contribution in [3.8, 4) is 0 Å². The van der Waals surface area contributed by atoms with E-state index in [-0.39, 0.29) is 11.9 Å². The number of nitrogens with zero attached hydrogens (tertiary/aromatic N) is 1. The zero-order valence-electron chi connectivity index (χ0n) is 17.2. The molecule has 1 aliphatic rings. The molecule has 1 amide bonds. The van der Waals surface area contributed by atoms with Crippen LogP contribution in [0.4, 0.5) is 11.4 Å². The molecule has 31 heavy (non-hydrogen) atoms. The lowest BCUT2D eigenvalue weighted by atomic mass is 9.94. The largest absolute Gasteiger partial charge is 0.351 e. The fourth-order valence-electron chi connectivity index (χ4n) is 3.76. The molecule has 1 aliphatic heterocycles. The van der Waals surface area contributed by atoms with E-state index in [0.717, 1.165) is 32.7 Å². The Balaban J connectivity index is 1.82. The maximum atomic E-state index is 13.6. The number of amides is 1. The number of rotatable bonds is 4. The Hall–Kier alpha value is -2.96. The maximum Gasteiger partial charge on any atom is 0.255 e. The number of allylic oxidation sites excluding steroid dienone is 1. The molecule has 156 valence electrons. The Bertz CT molecular complexity index is 1180. The van der Waals surface area contributed by atoms with Crippen molar-refractivity contribution < 1.29 is 4.79 Å². The first kappa shape index (κ1) is 21.3. The lowest BCUT2D eigenvalue weighted by Gasteiger charge is -2.38. The minimum Gasteiger partial charge on any atom is -0.351 e. The first-order valence-electron chi connectivity index (χ1n) is 9.94.